The highest BCUT2D eigenvalue weighted by molar-refractivity contribution is 6.05. The van der Waals surface area contributed by atoms with E-state index in [0.29, 0.717) is 24.4 Å². The Balaban J connectivity index is 1.83. The zero-order chi connectivity index (χ0) is 16.4. The average molecular weight is 313 g/mol. The number of benzene rings is 2. The maximum atomic E-state index is 13.2. The van der Waals surface area contributed by atoms with Crippen LogP contribution in [0.5, 0.6) is 5.75 Å². The van der Waals surface area contributed by atoms with Gasteiger partial charge in [0.15, 0.2) is 0 Å². The maximum absolute atomic E-state index is 13.2. The predicted octanol–water partition coefficient (Wildman–Crippen LogP) is 2.67. The van der Waals surface area contributed by atoms with Gasteiger partial charge in [-0.3, -0.25) is 4.79 Å². The molecule has 0 atom stereocenters. The molecule has 3 rings (SSSR count). The number of hydrogen-bond acceptors (Lipinski definition) is 4. The number of methoxy groups -OCH3 is 1. The van der Waals surface area contributed by atoms with Gasteiger partial charge in [-0.15, -0.1) is 0 Å². The molecule has 2 aromatic rings. The number of nitrogens with zero attached hydrogens (tertiary/aromatic N) is 2. The maximum Gasteiger partial charge on any atom is 0.274 e. The summed E-state index contributed by atoms with van der Waals surface area (Å²) in [7, 11) is 1.55. The average Bonchev–Trinajstić information content (AvgIpc) is 3.04. The van der Waals surface area contributed by atoms with Crippen LogP contribution in [0, 0.1) is 5.82 Å². The van der Waals surface area contributed by atoms with E-state index < -0.39 is 5.82 Å². The minimum Gasteiger partial charge on any atom is -0.495 e. The van der Waals surface area contributed by atoms with Gasteiger partial charge in [-0.1, -0.05) is 6.07 Å². The molecule has 5 nitrogen and oxygen atoms in total. The summed E-state index contributed by atoms with van der Waals surface area (Å²) in [5.74, 6) is -0.164. The Morgan fingerprint density at radius 3 is 2.83 bits per heavy atom. The van der Waals surface area contributed by atoms with E-state index in [4.69, 9.17) is 10.5 Å². The van der Waals surface area contributed by atoms with Gasteiger partial charge in [-0.2, -0.15) is 5.10 Å². The van der Waals surface area contributed by atoms with Crippen LogP contribution in [0.25, 0.3) is 0 Å². The molecule has 1 amide bonds. The van der Waals surface area contributed by atoms with E-state index in [0.717, 1.165) is 11.3 Å². The highest BCUT2D eigenvalue weighted by Crippen LogP contribution is 2.24. The number of ether oxygens (including phenoxy) is 1. The highest BCUT2D eigenvalue weighted by atomic mass is 19.1. The molecule has 2 aromatic carbocycles. The molecular formula is C17H16FN3O2. The van der Waals surface area contributed by atoms with Gasteiger partial charge in [-0.25, -0.2) is 9.40 Å². The van der Waals surface area contributed by atoms with E-state index in [1.54, 1.807) is 25.3 Å². The first-order valence-corrected chi connectivity index (χ1v) is 7.17. The van der Waals surface area contributed by atoms with Crippen LogP contribution in [-0.4, -0.2) is 30.3 Å². The molecule has 0 unspecified atom stereocenters. The Morgan fingerprint density at radius 2 is 2.13 bits per heavy atom. The van der Waals surface area contributed by atoms with Crippen LogP contribution in [0.2, 0.25) is 0 Å². The van der Waals surface area contributed by atoms with Crippen LogP contribution >= 0.6 is 0 Å². The molecule has 0 saturated carbocycles. The number of rotatable bonds is 3. The molecule has 1 aliphatic heterocycles. The lowest BCUT2D eigenvalue weighted by Gasteiger charge is -2.11. The number of hydrogen-bond donors (Lipinski definition) is 1. The van der Waals surface area contributed by atoms with Crippen LogP contribution in [0.4, 0.5) is 10.1 Å². The van der Waals surface area contributed by atoms with Gasteiger partial charge in [0.25, 0.3) is 5.91 Å². The van der Waals surface area contributed by atoms with Crippen molar-refractivity contribution in [1.29, 1.82) is 0 Å². The molecule has 1 aliphatic rings. The lowest BCUT2D eigenvalue weighted by atomic mass is 10.1. The third-order valence-electron chi connectivity index (χ3n) is 3.67. The third-order valence-corrected chi connectivity index (χ3v) is 3.67. The van der Waals surface area contributed by atoms with E-state index in [1.807, 2.05) is 6.07 Å². The largest absolute Gasteiger partial charge is 0.495 e. The molecule has 0 fully saturated rings. The van der Waals surface area contributed by atoms with Crippen LogP contribution < -0.4 is 10.5 Å². The second-order valence-corrected chi connectivity index (χ2v) is 5.19. The summed E-state index contributed by atoms with van der Waals surface area (Å²) in [4.78, 5) is 12.4. The first kappa shape index (κ1) is 15.0. The molecule has 23 heavy (non-hydrogen) atoms. The van der Waals surface area contributed by atoms with Gasteiger partial charge < -0.3 is 10.5 Å². The number of halogens is 1. The van der Waals surface area contributed by atoms with E-state index in [2.05, 4.69) is 5.10 Å². The van der Waals surface area contributed by atoms with Crippen molar-refractivity contribution in [3.05, 3.63) is 59.4 Å². The summed E-state index contributed by atoms with van der Waals surface area (Å²) in [6, 6.07) is 11.0. The summed E-state index contributed by atoms with van der Waals surface area (Å²) < 4.78 is 18.4. The Labute approximate surface area is 133 Å². The number of carbonyl (C=O) groups is 1. The Kier molecular flexibility index (Phi) is 3.97. The number of hydrazone groups is 1. The van der Waals surface area contributed by atoms with Gasteiger partial charge in [-0.05, 0) is 36.4 Å². The molecule has 0 radical (unpaired) electrons. The molecular weight excluding hydrogens is 297 g/mol. The fraction of sp³-hybridized carbons (Fsp3) is 0.176. The Bertz CT molecular complexity index is 789. The number of amides is 1. The molecule has 0 aromatic heterocycles. The summed E-state index contributed by atoms with van der Waals surface area (Å²) in [6.45, 7) is 0.455. The van der Waals surface area contributed by atoms with E-state index in [1.165, 1.54) is 23.2 Å². The summed E-state index contributed by atoms with van der Waals surface area (Å²) >= 11 is 0. The summed E-state index contributed by atoms with van der Waals surface area (Å²) in [5, 5.41) is 5.69. The monoisotopic (exact) mass is 313 g/mol. The third kappa shape index (κ3) is 3.01. The van der Waals surface area contributed by atoms with Crippen molar-refractivity contribution < 1.29 is 13.9 Å². The minimum atomic E-state index is -0.442. The van der Waals surface area contributed by atoms with Crippen molar-refractivity contribution in [2.24, 2.45) is 5.10 Å². The van der Waals surface area contributed by atoms with Gasteiger partial charge in [0, 0.05) is 17.5 Å². The summed E-state index contributed by atoms with van der Waals surface area (Å²) in [6.07, 6.45) is 0.618. The van der Waals surface area contributed by atoms with Crippen LogP contribution in [-0.2, 0) is 0 Å². The molecule has 2 N–H and O–H groups in total. The quantitative estimate of drug-likeness (QED) is 0.886. The number of nitrogens with two attached hydrogens (primary N) is 1. The first-order valence-electron chi connectivity index (χ1n) is 7.17. The zero-order valence-electron chi connectivity index (χ0n) is 12.6. The smallest absolute Gasteiger partial charge is 0.274 e. The van der Waals surface area contributed by atoms with Gasteiger partial charge in [0.05, 0.1) is 25.1 Å². The van der Waals surface area contributed by atoms with Crippen LogP contribution in [0.3, 0.4) is 0 Å². The molecule has 0 saturated heterocycles. The number of nitrogen functional groups attached to an aromatic ring is 1. The fourth-order valence-electron chi connectivity index (χ4n) is 2.49. The topological polar surface area (TPSA) is 67.9 Å². The Morgan fingerprint density at radius 1 is 1.30 bits per heavy atom. The second-order valence-electron chi connectivity index (χ2n) is 5.19. The normalized spacial score (nSPS) is 13.8. The molecule has 118 valence electrons. The van der Waals surface area contributed by atoms with Gasteiger partial charge >= 0.3 is 0 Å². The number of carbonyl (C=O) groups excluding carboxylic acids is 1. The Hall–Kier alpha value is -2.89. The van der Waals surface area contributed by atoms with Crippen molar-refractivity contribution >= 4 is 17.3 Å². The SMILES string of the molecule is COc1ccc(C2=NN(C(=O)c3cccc(F)c3)CC2)cc1N. The lowest BCUT2D eigenvalue weighted by molar-refractivity contribution is 0.0778. The van der Waals surface area contributed by atoms with E-state index >= 15 is 0 Å². The molecule has 1 heterocycles. The van der Waals surface area contributed by atoms with E-state index in [-0.39, 0.29) is 11.5 Å². The van der Waals surface area contributed by atoms with Crippen molar-refractivity contribution in [1.82, 2.24) is 5.01 Å². The fourth-order valence-corrected chi connectivity index (χ4v) is 2.49. The number of anilines is 1. The standard InChI is InChI=1S/C17H16FN3O2/c1-23-16-6-5-11(10-14(16)19)15-7-8-21(20-15)17(22)12-3-2-4-13(18)9-12/h2-6,9-10H,7-8,19H2,1H3. The zero-order valence-corrected chi connectivity index (χ0v) is 12.6. The second kappa shape index (κ2) is 6.08. The predicted molar refractivity (Wildman–Crippen MR) is 86.0 cm³/mol. The van der Waals surface area contributed by atoms with Crippen molar-refractivity contribution in [3.63, 3.8) is 0 Å². The van der Waals surface area contributed by atoms with Crippen molar-refractivity contribution in [3.8, 4) is 5.75 Å². The summed E-state index contributed by atoms with van der Waals surface area (Å²) in [5.41, 5.74) is 8.31. The lowest BCUT2D eigenvalue weighted by Crippen LogP contribution is -2.23. The van der Waals surface area contributed by atoms with Gasteiger partial charge in [0.1, 0.15) is 11.6 Å². The van der Waals surface area contributed by atoms with Gasteiger partial charge in [0.2, 0.25) is 0 Å². The molecule has 0 bridgehead atoms. The van der Waals surface area contributed by atoms with Crippen molar-refractivity contribution in [2.45, 2.75) is 6.42 Å². The van der Waals surface area contributed by atoms with E-state index in [9.17, 15) is 9.18 Å². The molecule has 0 aliphatic carbocycles. The molecule has 0 spiro atoms. The van der Waals surface area contributed by atoms with Crippen LogP contribution in [0.15, 0.2) is 47.6 Å². The first-order chi connectivity index (χ1) is 11.1. The van der Waals surface area contributed by atoms with Crippen LogP contribution in [0.1, 0.15) is 22.3 Å². The van der Waals surface area contributed by atoms with Crippen molar-refractivity contribution in [2.75, 3.05) is 19.4 Å². The highest BCUT2D eigenvalue weighted by Gasteiger charge is 2.23. The minimum absolute atomic E-state index is 0.282. The molecule has 6 heteroatoms.